The quantitative estimate of drug-likeness (QED) is 0.484. The number of rotatable bonds is 8. The van der Waals surface area contributed by atoms with Gasteiger partial charge in [-0.05, 0) is 36.8 Å². The average Bonchev–Trinajstić information content (AvgIpc) is 3.07. The van der Waals surface area contributed by atoms with Gasteiger partial charge in [-0.2, -0.15) is 4.68 Å². The Balaban J connectivity index is 1.36. The first-order chi connectivity index (χ1) is 14.3. The molecule has 0 atom stereocenters. The topological polar surface area (TPSA) is 103 Å². The Kier molecular flexibility index (Phi) is 7.52. The van der Waals surface area contributed by atoms with E-state index in [9.17, 15) is 14.9 Å². The molecule has 0 unspecified atom stereocenters. The summed E-state index contributed by atoms with van der Waals surface area (Å²) in [5.41, 5.74) is 0.570. The van der Waals surface area contributed by atoms with Crippen LogP contribution in [0.4, 0.5) is 5.82 Å². The first-order valence-corrected chi connectivity index (χ1v) is 10.4. The van der Waals surface area contributed by atoms with Gasteiger partial charge in [-0.15, -0.1) is 0 Å². The molecule has 0 aliphatic carbocycles. The summed E-state index contributed by atoms with van der Waals surface area (Å²) in [6.45, 7) is 4.60. The zero-order valence-electron chi connectivity index (χ0n) is 16.5. The zero-order chi connectivity index (χ0) is 21.7. The van der Waals surface area contributed by atoms with E-state index >= 15 is 0 Å². The van der Waals surface area contributed by atoms with Crippen LogP contribution in [0.3, 0.4) is 0 Å². The van der Waals surface area contributed by atoms with E-state index in [0.717, 1.165) is 32.5 Å². The lowest BCUT2D eigenvalue weighted by atomic mass is 10.1. The highest BCUT2D eigenvalue weighted by Crippen LogP contribution is 2.28. The zero-order valence-corrected chi connectivity index (χ0v) is 18.0. The number of hydrogen-bond acceptors (Lipinski definition) is 6. The molecule has 0 saturated carbocycles. The van der Waals surface area contributed by atoms with Crippen molar-refractivity contribution < 1.29 is 14.5 Å². The monoisotopic (exact) mass is 455 g/mol. The molecule has 1 amide bonds. The third-order valence-electron chi connectivity index (χ3n) is 4.93. The first kappa shape index (κ1) is 22.3. The Hall–Kier alpha value is -2.36. The maximum absolute atomic E-state index is 12.1. The standard InChI is InChI=1S/C19H23Cl2N5O4/c1-13-10-18(26(28)29)23-25(13)12-19(27)22-6-9-24-7-4-14(5-8-24)30-15-2-3-16(20)17(21)11-15/h2-3,10-11,14H,4-9,12H2,1H3,(H,22,27). The summed E-state index contributed by atoms with van der Waals surface area (Å²) in [5.74, 6) is 0.226. The number of nitro groups is 1. The summed E-state index contributed by atoms with van der Waals surface area (Å²) < 4.78 is 7.31. The highest BCUT2D eigenvalue weighted by Gasteiger charge is 2.21. The molecule has 1 aliphatic heterocycles. The summed E-state index contributed by atoms with van der Waals surface area (Å²) in [5, 5.41) is 18.4. The molecule has 3 rings (SSSR count). The maximum Gasteiger partial charge on any atom is 0.390 e. The number of piperidine rings is 1. The third-order valence-corrected chi connectivity index (χ3v) is 5.67. The van der Waals surface area contributed by atoms with Crippen LogP contribution in [0.5, 0.6) is 5.75 Å². The second-order valence-electron chi connectivity index (χ2n) is 7.14. The molecule has 1 saturated heterocycles. The highest BCUT2D eigenvalue weighted by atomic mass is 35.5. The number of likely N-dealkylation sites (tertiary alicyclic amines) is 1. The number of amides is 1. The molecular formula is C19H23Cl2N5O4. The lowest BCUT2D eigenvalue weighted by Gasteiger charge is -2.32. The molecule has 2 heterocycles. The van der Waals surface area contributed by atoms with Crippen LogP contribution in [0.2, 0.25) is 10.0 Å². The van der Waals surface area contributed by atoms with Gasteiger partial charge < -0.3 is 25.1 Å². The van der Waals surface area contributed by atoms with Crippen molar-refractivity contribution in [3.8, 4) is 5.75 Å². The molecule has 1 aromatic heterocycles. The van der Waals surface area contributed by atoms with E-state index in [-0.39, 0.29) is 24.4 Å². The van der Waals surface area contributed by atoms with Crippen molar-refractivity contribution in [2.75, 3.05) is 26.2 Å². The Labute approximate surface area is 184 Å². The lowest BCUT2D eigenvalue weighted by molar-refractivity contribution is -0.389. The van der Waals surface area contributed by atoms with Crippen molar-refractivity contribution in [3.63, 3.8) is 0 Å². The highest BCUT2D eigenvalue weighted by molar-refractivity contribution is 6.42. The summed E-state index contributed by atoms with van der Waals surface area (Å²) in [7, 11) is 0. The number of carbonyl (C=O) groups excluding carboxylic acids is 1. The summed E-state index contributed by atoms with van der Waals surface area (Å²) in [6, 6.07) is 6.60. The molecule has 1 N–H and O–H groups in total. The second kappa shape index (κ2) is 10.1. The van der Waals surface area contributed by atoms with Gasteiger partial charge in [0, 0.05) is 32.2 Å². The van der Waals surface area contributed by atoms with Crippen LogP contribution in [0.25, 0.3) is 0 Å². The van der Waals surface area contributed by atoms with Gasteiger partial charge in [0.25, 0.3) is 0 Å². The van der Waals surface area contributed by atoms with Gasteiger partial charge in [0.2, 0.25) is 5.91 Å². The van der Waals surface area contributed by atoms with Gasteiger partial charge in [0.1, 0.15) is 18.4 Å². The number of aryl methyl sites for hydroxylation is 1. The van der Waals surface area contributed by atoms with E-state index in [1.807, 2.05) is 6.07 Å². The van der Waals surface area contributed by atoms with Gasteiger partial charge in [-0.1, -0.05) is 23.2 Å². The normalized spacial score (nSPS) is 15.2. The Morgan fingerprint density at radius 1 is 1.30 bits per heavy atom. The SMILES string of the molecule is Cc1cc([N+](=O)[O-])nn1CC(=O)NCCN1CCC(Oc2ccc(Cl)c(Cl)c2)CC1. The molecule has 1 aromatic carbocycles. The van der Waals surface area contributed by atoms with Crippen LogP contribution in [0, 0.1) is 17.0 Å². The van der Waals surface area contributed by atoms with Crippen molar-refractivity contribution in [2.24, 2.45) is 0 Å². The van der Waals surface area contributed by atoms with Crippen molar-refractivity contribution in [2.45, 2.75) is 32.4 Å². The van der Waals surface area contributed by atoms with E-state index in [1.54, 1.807) is 19.1 Å². The molecule has 0 bridgehead atoms. The van der Waals surface area contributed by atoms with Crippen molar-refractivity contribution >= 4 is 34.9 Å². The minimum atomic E-state index is -0.573. The largest absolute Gasteiger partial charge is 0.490 e. The molecule has 9 nitrogen and oxygen atoms in total. The lowest BCUT2D eigenvalue weighted by Crippen LogP contribution is -2.42. The van der Waals surface area contributed by atoms with Crippen LogP contribution in [0.15, 0.2) is 24.3 Å². The van der Waals surface area contributed by atoms with Crippen molar-refractivity contribution in [1.29, 1.82) is 0 Å². The molecule has 0 spiro atoms. The summed E-state index contributed by atoms with van der Waals surface area (Å²) in [6.07, 6.45) is 1.88. The Morgan fingerprint density at radius 3 is 2.67 bits per heavy atom. The van der Waals surface area contributed by atoms with E-state index in [2.05, 4.69) is 15.3 Å². The van der Waals surface area contributed by atoms with Gasteiger partial charge in [-0.3, -0.25) is 4.79 Å². The fourth-order valence-electron chi connectivity index (χ4n) is 3.28. The minimum Gasteiger partial charge on any atom is -0.490 e. The fraction of sp³-hybridized carbons (Fsp3) is 0.474. The van der Waals surface area contributed by atoms with Crippen LogP contribution in [-0.4, -0.2) is 57.8 Å². The maximum atomic E-state index is 12.1. The van der Waals surface area contributed by atoms with Crippen molar-refractivity contribution in [3.05, 3.63) is 50.1 Å². The molecule has 2 aromatic rings. The van der Waals surface area contributed by atoms with E-state index in [0.29, 0.717) is 28.0 Å². The minimum absolute atomic E-state index is 0.0424. The van der Waals surface area contributed by atoms with E-state index in [1.165, 1.54) is 10.7 Å². The van der Waals surface area contributed by atoms with E-state index < -0.39 is 4.92 Å². The summed E-state index contributed by atoms with van der Waals surface area (Å²) in [4.78, 5) is 24.5. The number of carbonyl (C=O) groups is 1. The van der Waals surface area contributed by atoms with Crippen LogP contribution in [0.1, 0.15) is 18.5 Å². The van der Waals surface area contributed by atoms with Gasteiger partial charge in [0.05, 0.1) is 26.9 Å². The number of nitrogens with one attached hydrogen (secondary N) is 1. The first-order valence-electron chi connectivity index (χ1n) is 9.61. The number of benzene rings is 1. The Bertz CT molecular complexity index is 912. The third kappa shape index (κ3) is 6.07. The number of ether oxygens (including phenoxy) is 1. The molecule has 1 aliphatic rings. The van der Waals surface area contributed by atoms with Crippen molar-refractivity contribution in [1.82, 2.24) is 20.0 Å². The van der Waals surface area contributed by atoms with Crippen LogP contribution < -0.4 is 10.1 Å². The molecule has 11 heteroatoms. The number of halogens is 2. The molecular weight excluding hydrogens is 433 g/mol. The predicted octanol–water partition coefficient (Wildman–Crippen LogP) is 3.07. The smallest absolute Gasteiger partial charge is 0.390 e. The number of hydrogen-bond donors (Lipinski definition) is 1. The van der Waals surface area contributed by atoms with Crippen LogP contribution >= 0.6 is 23.2 Å². The Morgan fingerprint density at radius 2 is 2.03 bits per heavy atom. The summed E-state index contributed by atoms with van der Waals surface area (Å²) >= 11 is 11.9. The molecule has 30 heavy (non-hydrogen) atoms. The van der Waals surface area contributed by atoms with Crippen LogP contribution in [-0.2, 0) is 11.3 Å². The van der Waals surface area contributed by atoms with Gasteiger partial charge in [-0.25, -0.2) is 0 Å². The van der Waals surface area contributed by atoms with Gasteiger partial charge >= 0.3 is 5.82 Å². The second-order valence-corrected chi connectivity index (χ2v) is 7.96. The molecule has 1 fully saturated rings. The number of aromatic nitrogens is 2. The van der Waals surface area contributed by atoms with Gasteiger partial charge in [0.15, 0.2) is 0 Å². The predicted molar refractivity (Wildman–Crippen MR) is 113 cm³/mol. The average molecular weight is 456 g/mol. The number of nitrogens with zero attached hydrogens (tertiary/aromatic N) is 4. The van der Waals surface area contributed by atoms with E-state index in [4.69, 9.17) is 27.9 Å². The molecule has 162 valence electrons. The molecule has 0 radical (unpaired) electrons. The fourth-order valence-corrected chi connectivity index (χ4v) is 3.57.